The van der Waals surface area contributed by atoms with Gasteiger partial charge in [0.05, 0.1) is 0 Å². The van der Waals surface area contributed by atoms with Crippen molar-refractivity contribution in [1.29, 1.82) is 0 Å². The summed E-state index contributed by atoms with van der Waals surface area (Å²) >= 11 is 0. The minimum atomic E-state index is -0.0771. The van der Waals surface area contributed by atoms with Crippen LogP contribution < -0.4 is 11.1 Å². The average Bonchev–Trinajstić information content (AvgIpc) is 3.01. The second-order valence-corrected chi connectivity index (χ2v) is 7.17. The number of hydrogen-bond donors (Lipinski definition) is 2. The predicted octanol–water partition coefficient (Wildman–Crippen LogP) is 2.08. The van der Waals surface area contributed by atoms with Crippen LogP contribution in [-0.4, -0.2) is 41.9 Å². The first-order valence-electron chi connectivity index (χ1n) is 8.81. The van der Waals surface area contributed by atoms with Crippen molar-refractivity contribution >= 4 is 24.2 Å². The lowest BCUT2D eigenvalue weighted by Gasteiger charge is -2.34. The number of nitrogens with two attached hydrogens (primary N) is 1. The van der Waals surface area contributed by atoms with Gasteiger partial charge in [0.15, 0.2) is 0 Å². The number of piperidine rings is 1. The first-order chi connectivity index (χ1) is 10.5. The third kappa shape index (κ3) is 5.96. The molecule has 1 aliphatic carbocycles. The van der Waals surface area contributed by atoms with Crippen LogP contribution in [-0.2, 0) is 9.59 Å². The highest BCUT2D eigenvalue weighted by Gasteiger charge is 2.27. The summed E-state index contributed by atoms with van der Waals surface area (Å²) in [5.41, 5.74) is 5.93. The lowest BCUT2D eigenvalue weighted by Crippen LogP contribution is -2.45. The Bertz CT molecular complexity index is 389. The Labute approximate surface area is 146 Å². The molecular formula is C17H32ClN3O2. The van der Waals surface area contributed by atoms with Crippen LogP contribution in [0.1, 0.15) is 58.8 Å². The van der Waals surface area contributed by atoms with Gasteiger partial charge >= 0.3 is 0 Å². The van der Waals surface area contributed by atoms with Gasteiger partial charge in [0.2, 0.25) is 11.8 Å². The van der Waals surface area contributed by atoms with E-state index in [2.05, 4.69) is 5.32 Å². The molecule has 2 aliphatic rings. The van der Waals surface area contributed by atoms with Crippen LogP contribution in [0.4, 0.5) is 0 Å². The van der Waals surface area contributed by atoms with E-state index >= 15 is 0 Å². The van der Waals surface area contributed by atoms with Crippen molar-refractivity contribution in [3.63, 3.8) is 0 Å². The van der Waals surface area contributed by atoms with Crippen molar-refractivity contribution in [1.82, 2.24) is 10.2 Å². The van der Waals surface area contributed by atoms with E-state index in [-0.39, 0.29) is 42.2 Å². The Kier molecular flexibility index (Phi) is 8.34. The second-order valence-electron chi connectivity index (χ2n) is 7.17. The van der Waals surface area contributed by atoms with Crippen LogP contribution in [0.3, 0.4) is 0 Å². The van der Waals surface area contributed by atoms with Gasteiger partial charge in [0.25, 0.3) is 0 Å². The first kappa shape index (κ1) is 20.2. The highest BCUT2D eigenvalue weighted by molar-refractivity contribution is 5.85. The van der Waals surface area contributed by atoms with E-state index in [0.717, 1.165) is 51.6 Å². The molecule has 1 saturated carbocycles. The largest absolute Gasteiger partial charge is 0.353 e. The number of carbonyl (C=O) groups excluding carboxylic acids is 2. The zero-order valence-electron chi connectivity index (χ0n) is 14.4. The first-order valence-corrected chi connectivity index (χ1v) is 8.81. The van der Waals surface area contributed by atoms with E-state index in [1.807, 2.05) is 18.7 Å². The van der Waals surface area contributed by atoms with Gasteiger partial charge < -0.3 is 16.0 Å². The molecule has 2 unspecified atom stereocenters. The van der Waals surface area contributed by atoms with E-state index in [1.165, 1.54) is 0 Å². The molecule has 2 fully saturated rings. The van der Waals surface area contributed by atoms with Crippen LogP contribution in [0.15, 0.2) is 0 Å². The van der Waals surface area contributed by atoms with Crippen molar-refractivity contribution in [2.24, 2.45) is 17.6 Å². The van der Waals surface area contributed by atoms with E-state index in [1.54, 1.807) is 0 Å². The van der Waals surface area contributed by atoms with Gasteiger partial charge in [-0.15, -0.1) is 12.4 Å². The third-order valence-corrected chi connectivity index (χ3v) is 5.23. The molecule has 1 saturated heterocycles. The molecule has 2 amide bonds. The molecule has 23 heavy (non-hydrogen) atoms. The summed E-state index contributed by atoms with van der Waals surface area (Å²) in [4.78, 5) is 26.3. The maximum absolute atomic E-state index is 12.3. The molecule has 1 aliphatic heterocycles. The Morgan fingerprint density at radius 1 is 1.13 bits per heavy atom. The van der Waals surface area contributed by atoms with Gasteiger partial charge in [0.1, 0.15) is 0 Å². The Morgan fingerprint density at radius 3 is 2.22 bits per heavy atom. The molecule has 3 N–H and O–H groups in total. The average molecular weight is 346 g/mol. The summed E-state index contributed by atoms with van der Waals surface area (Å²) in [5.74, 6) is 0.985. The fourth-order valence-electron chi connectivity index (χ4n) is 3.67. The minimum Gasteiger partial charge on any atom is -0.353 e. The minimum absolute atomic E-state index is 0. The monoisotopic (exact) mass is 345 g/mol. The normalized spacial score (nSPS) is 22.3. The molecule has 0 aromatic rings. The van der Waals surface area contributed by atoms with Crippen molar-refractivity contribution in [3.05, 3.63) is 0 Å². The summed E-state index contributed by atoms with van der Waals surface area (Å²) in [7, 11) is 0. The van der Waals surface area contributed by atoms with Gasteiger partial charge in [-0.05, 0) is 45.4 Å². The summed E-state index contributed by atoms with van der Waals surface area (Å²) < 4.78 is 0. The highest BCUT2D eigenvalue weighted by atomic mass is 35.5. The summed E-state index contributed by atoms with van der Waals surface area (Å²) in [6, 6.07) is 0.133. The third-order valence-electron chi connectivity index (χ3n) is 5.23. The lowest BCUT2D eigenvalue weighted by molar-refractivity contribution is -0.133. The fourth-order valence-corrected chi connectivity index (χ4v) is 3.67. The Balaban J connectivity index is 0.00000264. The molecule has 5 nitrogen and oxygen atoms in total. The van der Waals surface area contributed by atoms with E-state index in [9.17, 15) is 9.59 Å². The molecule has 134 valence electrons. The lowest BCUT2D eigenvalue weighted by atomic mass is 9.91. The smallest absolute Gasteiger partial charge is 0.224 e. The van der Waals surface area contributed by atoms with Gasteiger partial charge in [-0.2, -0.15) is 0 Å². The number of halogens is 1. The molecule has 0 radical (unpaired) electrons. The molecule has 2 atom stereocenters. The summed E-state index contributed by atoms with van der Waals surface area (Å²) in [5, 5.41) is 3.01. The number of nitrogens with one attached hydrogen (secondary N) is 1. The number of amides is 2. The van der Waals surface area contributed by atoms with Crippen molar-refractivity contribution in [3.8, 4) is 0 Å². The molecule has 1 heterocycles. The molecule has 2 rings (SSSR count). The molecular weight excluding hydrogens is 314 g/mol. The SMILES string of the molecule is CC(CC(=O)N1CCC(C(C)N)CC1)NC(=O)C1CCCC1.Cl. The number of likely N-dealkylation sites (tertiary alicyclic amines) is 1. The van der Waals surface area contributed by atoms with Crippen LogP contribution in [0.25, 0.3) is 0 Å². The van der Waals surface area contributed by atoms with Crippen LogP contribution in [0, 0.1) is 11.8 Å². The van der Waals surface area contributed by atoms with Gasteiger partial charge in [-0.3, -0.25) is 9.59 Å². The molecule has 0 spiro atoms. The number of carbonyl (C=O) groups is 2. The standard InChI is InChI=1S/C17H31N3O2.ClH/c1-12(19-17(22)15-5-3-4-6-15)11-16(21)20-9-7-14(8-10-20)13(2)18;/h12-15H,3-11,18H2,1-2H3,(H,19,22);1H. The highest BCUT2D eigenvalue weighted by Crippen LogP contribution is 2.25. The quantitative estimate of drug-likeness (QED) is 0.801. The van der Waals surface area contributed by atoms with E-state index in [0.29, 0.717) is 12.3 Å². The second kappa shape index (κ2) is 9.48. The summed E-state index contributed by atoms with van der Waals surface area (Å²) in [6.45, 7) is 5.57. The molecule has 0 aromatic heterocycles. The molecule has 6 heteroatoms. The van der Waals surface area contributed by atoms with Gasteiger partial charge in [-0.25, -0.2) is 0 Å². The molecule has 0 bridgehead atoms. The number of rotatable bonds is 5. The van der Waals surface area contributed by atoms with Crippen LogP contribution in [0.5, 0.6) is 0 Å². The predicted molar refractivity (Wildman–Crippen MR) is 94.4 cm³/mol. The maximum Gasteiger partial charge on any atom is 0.224 e. The van der Waals surface area contributed by atoms with E-state index in [4.69, 9.17) is 5.73 Å². The number of nitrogens with zero attached hydrogens (tertiary/aromatic N) is 1. The van der Waals surface area contributed by atoms with Crippen molar-refractivity contribution in [2.45, 2.75) is 70.9 Å². The van der Waals surface area contributed by atoms with Crippen LogP contribution in [0.2, 0.25) is 0 Å². The zero-order chi connectivity index (χ0) is 16.1. The van der Waals surface area contributed by atoms with Gasteiger partial charge in [-0.1, -0.05) is 12.8 Å². The van der Waals surface area contributed by atoms with E-state index < -0.39 is 0 Å². The van der Waals surface area contributed by atoms with Crippen molar-refractivity contribution < 1.29 is 9.59 Å². The Morgan fingerprint density at radius 2 is 1.70 bits per heavy atom. The summed E-state index contributed by atoms with van der Waals surface area (Å²) in [6.07, 6.45) is 6.69. The van der Waals surface area contributed by atoms with Crippen molar-refractivity contribution in [2.75, 3.05) is 13.1 Å². The topological polar surface area (TPSA) is 75.4 Å². The zero-order valence-corrected chi connectivity index (χ0v) is 15.2. The fraction of sp³-hybridized carbons (Fsp3) is 0.882. The van der Waals surface area contributed by atoms with Crippen LogP contribution >= 0.6 is 12.4 Å². The van der Waals surface area contributed by atoms with Gasteiger partial charge in [0, 0.05) is 37.5 Å². The maximum atomic E-state index is 12.3. The Hall–Kier alpha value is -0.810. The number of hydrogen-bond acceptors (Lipinski definition) is 3. The molecule has 0 aromatic carbocycles.